The zero-order chi connectivity index (χ0) is 14.9. The fraction of sp³-hybridized carbons (Fsp3) is 0.235. The topological polar surface area (TPSA) is 54.9 Å². The molecular weight excluding hydrogens is 294 g/mol. The van der Waals surface area contributed by atoms with Crippen LogP contribution in [0.15, 0.2) is 42.5 Å². The van der Waals surface area contributed by atoms with Gasteiger partial charge < -0.3 is 5.32 Å². The van der Waals surface area contributed by atoms with E-state index in [1.54, 1.807) is 0 Å². The smallest absolute Gasteiger partial charge is 0.251 e. The third kappa shape index (κ3) is 2.37. The number of benzene rings is 2. The van der Waals surface area contributed by atoms with Crippen LogP contribution in [0.2, 0.25) is 0 Å². The van der Waals surface area contributed by atoms with Crippen molar-refractivity contribution in [3.63, 3.8) is 0 Å². The maximum atomic E-state index is 12.5. The summed E-state index contributed by atoms with van der Waals surface area (Å²) in [4.78, 5) is 12.5. The van der Waals surface area contributed by atoms with Gasteiger partial charge in [0.15, 0.2) is 0 Å². The Morgan fingerprint density at radius 2 is 2.00 bits per heavy atom. The summed E-state index contributed by atoms with van der Waals surface area (Å²) >= 11 is 1.17. The van der Waals surface area contributed by atoms with Crippen LogP contribution in [0.25, 0.3) is 11.0 Å². The summed E-state index contributed by atoms with van der Waals surface area (Å²) in [6.45, 7) is 0. The highest BCUT2D eigenvalue weighted by molar-refractivity contribution is 7.00. The molecule has 4 rings (SSSR count). The highest BCUT2D eigenvalue weighted by atomic mass is 32.1. The number of rotatable bonds is 2. The Bertz CT molecular complexity index is 843. The molecule has 1 aromatic heterocycles. The van der Waals surface area contributed by atoms with Crippen molar-refractivity contribution in [1.82, 2.24) is 14.1 Å². The second-order valence-corrected chi connectivity index (χ2v) is 6.11. The summed E-state index contributed by atoms with van der Waals surface area (Å²) in [6, 6.07) is 13.9. The number of fused-ring (bicyclic) bond motifs is 2. The maximum absolute atomic E-state index is 12.5. The molecule has 2 aromatic carbocycles. The monoisotopic (exact) mass is 309 g/mol. The second kappa shape index (κ2) is 5.50. The molecule has 0 radical (unpaired) electrons. The quantitative estimate of drug-likeness (QED) is 0.788. The zero-order valence-corrected chi connectivity index (χ0v) is 12.8. The predicted octanol–water partition coefficient (Wildman–Crippen LogP) is 3.50. The summed E-state index contributed by atoms with van der Waals surface area (Å²) < 4.78 is 8.36. The van der Waals surface area contributed by atoms with Crippen LogP contribution in [0.3, 0.4) is 0 Å². The summed E-state index contributed by atoms with van der Waals surface area (Å²) in [5.41, 5.74) is 4.85. The van der Waals surface area contributed by atoms with Crippen molar-refractivity contribution in [2.75, 3.05) is 0 Å². The summed E-state index contributed by atoms with van der Waals surface area (Å²) in [7, 11) is 0. The third-order valence-corrected chi connectivity index (χ3v) is 4.75. The van der Waals surface area contributed by atoms with Gasteiger partial charge in [0.1, 0.15) is 11.0 Å². The van der Waals surface area contributed by atoms with Crippen LogP contribution in [0, 0.1) is 0 Å². The van der Waals surface area contributed by atoms with Crippen LogP contribution in [0.4, 0.5) is 0 Å². The molecule has 1 heterocycles. The molecule has 0 fully saturated rings. The molecule has 1 amide bonds. The Morgan fingerprint density at radius 1 is 1.14 bits per heavy atom. The van der Waals surface area contributed by atoms with E-state index in [2.05, 4.69) is 32.3 Å². The van der Waals surface area contributed by atoms with Gasteiger partial charge in [0, 0.05) is 5.56 Å². The van der Waals surface area contributed by atoms with Gasteiger partial charge in [-0.05, 0) is 48.6 Å². The van der Waals surface area contributed by atoms with Crippen LogP contribution < -0.4 is 5.32 Å². The Kier molecular flexibility index (Phi) is 3.35. The first-order chi connectivity index (χ1) is 10.8. The molecule has 22 heavy (non-hydrogen) atoms. The van der Waals surface area contributed by atoms with Crippen LogP contribution >= 0.6 is 11.7 Å². The number of hydrogen-bond donors (Lipinski definition) is 1. The Labute approximate surface area is 132 Å². The van der Waals surface area contributed by atoms with E-state index < -0.39 is 0 Å². The van der Waals surface area contributed by atoms with Gasteiger partial charge in [-0.2, -0.15) is 8.75 Å². The lowest BCUT2D eigenvalue weighted by atomic mass is 9.87. The third-order valence-electron chi connectivity index (χ3n) is 4.19. The lowest BCUT2D eigenvalue weighted by Gasteiger charge is -2.26. The van der Waals surface area contributed by atoms with Crippen LogP contribution in [0.1, 0.15) is 40.4 Å². The minimum Gasteiger partial charge on any atom is -0.345 e. The Balaban J connectivity index is 1.59. The van der Waals surface area contributed by atoms with Gasteiger partial charge in [0.2, 0.25) is 0 Å². The van der Waals surface area contributed by atoms with Crippen molar-refractivity contribution < 1.29 is 4.79 Å². The molecular formula is C17H15N3OS. The van der Waals surface area contributed by atoms with E-state index in [1.807, 2.05) is 24.3 Å². The van der Waals surface area contributed by atoms with Crippen LogP contribution in [-0.4, -0.2) is 14.7 Å². The maximum Gasteiger partial charge on any atom is 0.251 e. The van der Waals surface area contributed by atoms with Crippen molar-refractivity contribution in [2.24, 2.45) is 0 Å². The van der Waals surface area contributed by atoms with Crippen LogP contribution in [0.5, 0.6) is 0 Å². The zero-order valence-electron chi connectivity index (χ0n) is 12.0. The number of nitrogens with zero attached hydrogens (tertiary/aromatic N) is 2. The number of hydrogen-bond acceptors (Lipinski definition) is 4. The number of amides is 1. The first-order valence-corrected chi connectivity index (χ1v) is 8.15. The molecule has 1 N–H and O–H groups in total. The van der Waals surface area contributed by atoms with Crippen LogP contribution in [-0.2, 0) is 6.42 Å². The fourth-order valence-electron chi connectivity index (χ4n) is 3.07. The minimum atomic E-state index is -0.0448. The average Bonchev–Trinajstić information content (AvgIpc) is 3.02. The van der Waals surface area contributed by atoms with Crippen molar-refractivity contribution in [2.45, 2.75) is 25.3 Å². The molecule has 0 spiro atoms. The highest BCUT2D eigenvalue weighted by Gasteiger charge is 2.22. The molecule has 0 saturated heterocycles. The number of carbonyl (C=O) groups is 1. The SMILES string of the molecule is O=C(NC1CCCc2ccccc21)c1ccc2nsnc2c1. The first kappa shape index (κ1) is 13.4. The molecule has 0 bridgehead atoms. The van der Waals surface area contributed by atoms with Crippen molar-refractivity contribution >= 4 is 28.7 Å². The number of aryl methyl sites for hydroxylation is 1. The molecule has 110 valence electrons. The van der Waals surface area contributed by atoms with Gasteiger partial charge in [-0.15, -0.1) is 0 Å². The van der Waals surface area contributed by atoms with E-state index in [9.17, 15) is 4.79 Å². The second-order valence-electron chi connectivity index (χ2n) is 5.58. The van der Waals surface area contributed by atoms with E-state index in [4.69, 9.17) is 0 Å². The lowest BCUT2D eigenvalue weighted by molar-refractivity contribution is 0.0933. The average molecular weight is 309 g/mol. The van der Waals surface area contributed by atoms with Gasteiger partial charge in [0.05, 0.1) is 17.8 Å². The van der Waals surface area contributed by atoms with Crippen molar-refractivity contribution in [3.8, 4) is 0 Å². The molecule has 1 aliphatic carbocycles. The molecule has 1 aliphatic rings. The van der Waals surface area contributed by atoms with E-state index >= 15 is 0 Å². The number of carbonyl (C=O) groups excluding carboxylic acids is 1. The van der Waals surface area contributed by atoms with Crippen molar-refractivity contribution in [1.29, 1.82) is 0 Å². The van der Waals surface area contributed by atoms with Gasteiger partial charge in [-0.1, -0.05) is 24.3 Å². The minimum absolute atomic E-state index is 0.0448. The van der Waals surface area contributed by atoms with E-state index in [0.29, 0.717) is 5.56 Å². The van der Waals surface area contributed by atoms with Crippen molar-refractivity contribution in [3.05, 3.63) is 59.2 Å². The summed E-state index contributed by atoms with van der Waals surface area (Å²) in [5, 5.41) is 3.16. The van der Waals surface area contributed by atoms with E-state index in [-0.39, 0.29) is 11.9 Å². The van der Waals surface area contributed by atoms with Gasteiger partial charge in [-0.25, -0.2) is 0 Å². The van der Waals surface area contributed by atoms with Gasteiger partial charge >= 0.3 is 0 Å². The Morgan fingerprint density at radius 3 is 2.95 bits per heavy atom. The standard InChI is InChI=1S/C17H15N3OS/c21-17(12-8-9-15-16(10-12)20-22-19-15)18-14-7-3-5-11-4-1-2-6-13(11)14/h1-2,4,6,8-10,14H,3,5,7H2,(H,18,21). The predicted molar refractivity (Wildman–Crippen MR) is 87.0 cm³/mol. The molecule has 0 saturated carbocycles. The highest BCUT2D eigenvalue weighted by Crippen LogP contribution is 2.29. The number of nitrogens with one attached hydrogen (secondary N) is 1. The summed E-state index contributed by atoms with van der Waals surface area (Å²) in [5.74, 6) is -0.0448. The largest absolute Gasteiger partial charge is 0.345 e. The summed E-state index contributed by atoms with van der Waals surface area (Å²) in [6.07, 6.45) is 3.19. The fourth-order valence-corrected chi connectivity index (χ4v) is 3.59. The molecule has 1 unspecified atom stereocenters. The molecule has 4 nitrogen and oxygen atoms in total. The van der Waals surface area contributed by atoms with E-state index in [0.717, 1.165) is 30.3 Å². The molecule has 5 heteroatoms. The first-order valence-electron chi connectivity index (χ1n) is 7.42. The van der Waals surface area contributed by atoms with Gasteiger partial charge in [-0.3, -0.25) is 4.79 Å². The molecule has 3 aromatic rings. The molecule has 0 aliphatic heterocycles. The van der Waals surface area contributed by atoms with Gasteiger partial charge in [0.25, 0.3) is 5.91 Å². The number of aromatic nitrogens is 2. The Hall–Kier alpha value is -2.27. The van der Waals surface area contributed by atoms with E-state index in [1.165, 1.54) is 22.9 Å². The normalized spacial score (nSPS) is 17.2. The molecule has 1 atom stereocenters. The lowest BCUT2D eigenvalue weighted by Crippen LogP contribution is -2.30.